The number of rotatable bonds is 7. The molecule has 24 heavy (non-hydrogen) atoms. The van der Waals surface area contributed by atoms with Gasteiger partial charge in [0.2, 0.25) is 0 Å². The quantitative estimate of drug-likeness (QED) is 0.405. The lowest BCUT2D eigenvalue weighted by Gasteiger charge is -2.54. The maximum absolute atomic E-state index is 6.34. The first kappa shape index (κ1) is 20.2. The number of benzene rings is 1. The number of ether oxygens (including phenoxy) is 1. The van der Waals surface area contributed by atoms with Crippen LogP contribution in [0, 0.1) is 0 Å². The van der Waals surface area contributed by atoms with Gasteiger partial charge < -0.3 is 4.74 Å². The highest BCUT2D eigenvalue weighted by Gasteiger charge is 2.57. The fourth-order valence-corrected chi connectivity index (χ4v) is 14.2. The summed E-state index contributed by atoms with van der Waals surface area (Å²) in [6, 6.07) is 10.5. The van der Waals surface area contributed by atoms with Gasteiger partial charge in [-0.3, -0.25) is 0 Å². The first-order chi connectivity index (χ1) is 11.3. The van der Waals surface area contributed by atoms with Gasteiger partial charge in [-0.2, -0.15) is 0 Å². The lowest BCUT2D eigenvalue weighted by atomic mass is 10.2. The Bertz CT molecular complexity index is 520. The molecule has 1 heterocycles. The van der Waals surface area contributed by atoms with Crippen molar-refractivity contribution in [3.8, 4) is 0 Å². The average Bonchev–Trinajstić information content (AvgIpc) is 2.55. The maximum Gasteiger partial charge on any atom is 0.116 e. The molecule has 1 aromatic carbocycles. The predicted octanol–water partition coefficient (Wildman–Crippen LogP) is 6.30. The van der Waals surface area contributed by atoms with Crippen LogP contribution < -0.4 is 0 Å². The van der Waals surface area contributed by atoms with Crippen LogP contribution in [0.3, 0.4) is 0 Å². The minimum Gasteiger partial charge on any atom is -0.380 e. The molecule has 1 aliphatic rings. The van der Waals surface area contributed by atoms with Gasteiger partial charge in [0.25, 0.3) is 0 Å². The van der Waals surface area contributed by atoms with Gasteiger partial charge in [0.05, 0.1) is 10.3 Å². The molecule has 4 heteroatoms. The second-order valence-corrected chi connectivity index (χ2v) is 16.9. The second kappa shape index (κ2) is 8.48. The van der Waals surface area contributed by atoms with E-state index in [2.05, 4.69) is 93.8 Å². The van der Waals surface area contributed by atoms with E-state index in [1.807, 2.05) is 0 Å². The SMILES string of the molecule is C=CCC1([Si](C)(COCc2ccccc2)C(C)(C)C)SCCCS1. The lowest BCUT2D eigenvalue weighted by molar-refractivity contribution is 0.155. The van der Waals surface area contributed by atoms with E-state index < -0.39 is 8.07 Å². The smallest absolute Gasteiger partial charge is 0.116 e. The van der Waals surface area contributed by atoms with Crippen molar-refractivity contribution in [1.29, 1.82) is 0 Å². The Morgan fingerprint density at radius 1 is 1.21 bits per heavy atom. The van der Waals surface area contributed by atoms with Crippen LogP contribution in [-0.2, 0) is 11.3 Å². The zero-order valence-corrected chi connectivity index (χ0v) is 18.3. The number of thioether (sulfide) groups is 2. The fraction of sp³-hybridized carbons (Fsp3) is 0.600. The molecule has 0 aromatic heterocycles. The van der Waals surface area contributed by atoms with E-state index in [1.54, 1.807) is 0 Å². The molecular weight excluding hydrogens is 348 g/mol. The first-order valence-electron chi connectivity index (χ1n) is 8.85. The first-order valence-corrected chi connectivity index (χ1v) is 13.5. The summed E-state index contributed by atoms with van der Waals surface area (Å²) < 4.78 is 6.63. The van der Waals surface area contributed by atoms with E-state index in [1.165, 1.54) is 23.5 Å². The molecule has 0 bridgehead atoms. The molecule has 0 N–H and O–H groups in total. The standard InChI is InChI=1S/C20H32OS2Si/c1-6-13-20(22-14-10-15-23-20)24(5,19(2,3)4)17-21-16-18-11-8-7-9-12-18/h6-9,11-12H,1,10,13-17H2,2-5H3. The molecule has 0 radical (unpaired) electrons. The molecule has 0 aliphatic carbocycles. The van der Waals surface area contributed by atoms with Crippen molar-refractivity contribution >= 4 is 31.6 Å². The Balaban J connectivity index is 2.19. The third-order valence-corrected chi connectivity index (χ3v) is 17.9. The van der Waals surface area contributed by atoms with Gasteiger partial charge >= 0.3 is 0 Å². The van der Waals surface area contributed by atoms with Crippen LogP contribution in [0.15, 0.2) is 43.0 Å². The summed E-state index contributed by atoms with van der Waals surface area (Å²) in [7, 11) is -1.74. The summed E-state index contributed by atoms with van der Waals surface area (Å²) in [4.78, 5) is 0. The van der Waals surface area contributed by atoms with Gasteiger partial charge in [0, 0.05) is 6.23 Å². The third-order valence-electron chi connectivity index (χ3n) is 5.37. The minimum absolute atomic E-state index is 0.294. The molecule has 1 fully saturated rings. The van der Waals surface area contributed by atoms with Crippen LogP contribution in [0.1, 0.15) is 39.2 Å². The zero-order valence-electron chi connectivity index (χ0n) is 15.6. The van der Waals surface area contributed by atoms with Crippen LogP contribution in [0.25, 0.3) is 0 Å². The molecule has 1 unspecified atom stereocenters. The number of hydrogen-bond acceptors (Lipinski definition) is 3. The molecule has 0 saturated carbocycles. The second-order valence-electron chi connectivity index (χ2n) is 7.86. The molecular formula is C20H32OS2Si. The van der Waals surface area contributed by atoms with Crippen molar-refractivity contribution < 1.29 is 4.74 Å². The van der Waals surface area contributed by atoms with Crippen LogP contribution >= 0.6 is 23.5 Å². The summed E-state index contributed by atoms with van der Waals surface area (Å²) in [5.41, 5.74) is 1.27. The molecule has 1 saturated heterocycles. The number of hydrogen-bond donors (Lipinski definition) is 0. The normalized spacial score (nSPS) is 20.3. The molecule has 1 aromatic rings. The summed E-state index contributed by atoms with van der Waals surface area (Å²) >= 11 is 4.38. The van der Waals surface area contributed by atoms with Crippen molar-refractivity contribution in [3.05, 3.63) is 48.6 Å². The van der Waals surface area contributed by atoms with E-state index in [-0.39, 0.29) is 0 Å². The summed E-state index contributed by atoms with van der Waals surface area (Å²) in [5, 5.41) is 0.296. The van der Waals surface area contributed by atoms with Gasteiger partial charge in [-0.05, 0) is 34.9 Å². The summed E-state index contributed by atoms with van der Waals surface area (Å²) in [6.07, 6.45) is 5.48. The van der Waals surface area contributed by atoms with Crippen LogP contribution in [0.2, 0.25) is 11.6 Å². The largest absolute Gasteiger partial charge is 0.380 e. The summed E-state index contributed by atoms with van der Waals surface area (Å²) in [6.45, 7) is 14.6. The van der Waals surface area contributed by atoms with Gasteiger partial charge in [0.15, 0.2) is 0 Å². The number of allylic oxidation sites excluding steroid dienone is 1. The van der Waals surface area contributed by atoms with Crippen molar-refractivity contribution in [2.75, 3.05) is 17.7 Å². The molecule has 1 aliphatic heterocycles. The topological polar surface area (TPSA) is 9.23 Å². The predicted molar refractivity (Wildman–Crippen MR) is 115 cm³/mol. The van der Waals surface area contributed by atoms with Gasteiger partial charge in [-0.15, -0.1) is 30.1 Å². The molecule has 2 rings (SSSR count). The van der Waals surface area contributed by atoms with Crippen molar-refractivity contribution in [2.24, 2.45) is 0 Å². The molecule has 0 spiro atoms. The van der Waals surface area contributed by atoms with Gasteiger partial charge in [-0.1, -0.05) is 63.7 Å². The minimum atomic E-state index is -1.74. The van der Waals surface area contributed by atoms with E-state index in [0.717, 1.165) is 19.3 Å². The van der Waals surface area contributed by atoms with E-state index in [4.69, 9.17) is 4.74 Å². The Hall–Kier alpha value is -0.163. The zero-order chi connectivity index (χ0) is 17.7. The van der Waals surface area contributed by atoms with E-state index in [0.29, 0.717) is 8.74 Å². The van der Waals surface area contributed by atoms with Gasteiger partial charge in [-0.25, -0.2) is 0 Å². The Labute approximate surface area is 158 Å². The Kier molecular flexibility index (Phi) is 7.12. The van der Waals surface area contributed by atoms with E-state index in [9.17, 15) is 0 Å². The Morgan fingerprint density at radius 2 is 1.83 bits per heavy atom. The lowest BCUT2D eigenvalue weighted by Crippen LogP contribution is -2.62. The van der Waals surface area contributed by atoms with Crippen molar-refractivity contribution in [1.82, 2.24) is 0 Å². The third kappa shape index (κ3) is 4.32. The van der Waals surface area contributed by atoms with Gasteiger partial charge in [0.1, 0.15) is 8.07 Å². The monoisotopic (exact) mass is 380 g/mol. The van der Waals surface area contributed by atoms with Crippen LogP contribution in [0.5, 0.6) is 0 Å². The molecule has 0 amide bonds. The molecule has 134 valence electrons. The fourth-order valence-electron chi connectivity index (χ4n) is 3.27. The Morgan fingerprint density at radius 3 is 2.38 bits per heavy atom. The highest BCUT2D eigenvalue weighted by atomic mass is 32.2. The molecule has 1 atom stereocenters. The summed E-state index contributed by atoms with van der Waals surface area (Å²) in [5.74, 6) is 2.55. The molecule has 1 nitrogen and oxygen atoms in total. The average molecular weight is 381 g/mol. The van der Waals surface area contributed by atoms with Crippen molar-refractivity contribution in [2.45, 2.75) is 55.5 Å². The van der Waals surface area contributed by atoms with Crippen LogP contribution in [-0.4, -0.2) is 29.5 Å². The highest BCUT2D eigenvalue weighted by molar-refractivity contribution is 8.21. The van der Waals surface area contributed by atoms with Crippen molar-refractivity contribution in [3.63, 3.8) is 0 Å². The maximum atomic E-state index is 6.34. The highest BCUT2D eigenvalue weighted by Crippen LogP contribution is 2.58. The van der Waals surface area contributed by atoms with E-state index >= 15 is 0 Å². The van der Waals surface area contributed by atoms with Crippen LogP contribution in [0.4, 0.5) is 0 Å².